The maximum Gasteiger partial charge on any atom is 0.132 e. The van der Waals surface area contributed by atoms with Crippen molar-refractivity contribution in [1.29, 1.82) is 0 Å². The van der Waals surface area contributed by atoms with Gasteiger partial charge in [-0.1, -0.05) is 19.1 Å². The first-order chi connectivity index (χ1) is 6.06. The number of aromatic nitrogens is 2. The Morgan fingerprint density at radius 1 is 1.62 bits per heavy atom. The molecule has 0 fully saturated rings. The number of nitrogens with one attached hydrogen (secondary N) is 1. The number of hydrogen-bond donors (Lipinski definition) is 1. The zero-order chi connectivity index (χ0) is 10.0. The molecule has 0 aliphatic heterocycles. The Morgan fingerprint density at radius 3 is 2.69 bits per heavy atom. The second-order valence-electron chi connectivity index (χ2n) is 3.00. The summed E-state index contributed by atoms with van der Waals surface area (Å²) < 4.78 is 0.651. The van der Waals surface area contributed by atoms with Gasteiger partial charge in [0.05, 0.1) is 5.38 Å². The Balaban J connectivity index is 3.31. The number of halogens is 1. The van der Waals surface area contributed by atoms with Crippen LogP contribution in [0, 0.1) is 11.6 Å². The van der Waals surface area contributed by atoms with Gasteiger partial charge in [0, 0.05) is 11.3 Å². The van der Waals surface area contributed by atoms with Crippen LogP contribution in [0.3, 0.4) is 0 Å². The molecule has 13 heavy (non-hydrogen) atoms. The largest absolute Gasteiger partial charge is 0.346 e. The minimum absolute atomic E-state index is 0.118. The van der Waals surface area contributed by atoms with Crippen LogP contribution in [-0.2, 0) is 6.42 Å². The predicted molar refractivity (Wildman–Crippen MR) is 57.8 cm³/mol. The first-order valence-electron chi connectivity index (χ1n) is 4.30. The van der Waals surface area contributed by atoms with Gasteiger partial charge in [0.25, 0.3) is 0 Å². The molecule has 72 valence electrons. The van der Waals surface area contributed by atoms with Crippen LogP contribution in [0.5, 0.6) is 0 Å². The van der Waals surface area contributed by atoms with Crippen LogP contribution in [0.1, 0.15) is 36.3 Å². The molecule has 0 bridgehead atoms. The fraction of sp³-hybridized carbons (Fsp3) is 0.556. The molecule has 0 amide bonds. The van der Waals surface area contributed by atoms with Crippen LogP contribution in [0.2, 0.25) is 0 Å². The molecule has 1 aromatic heterocycles. The molecule has 0 saturated carbocycles. The molecule has 1 aromatic rings. The highest BCUT2D eigenvalue weighted by molar-refractivity contribution is 7.71. The highest BCUT2D eigenvalue weighted by atomic mass is 35.5. The molecule has 2 nitrogen and oxygen atoms in total. The number of rotatable bonds is 2. The summed E-state index contributed by atoms with van der Waals surface area (Å²) in [4.78, 5) is 7.40. The normalized spacial score (nSPS) is 12.9. The molecule has 0 aliphatic carbocycles. The van der Waals surface area contributed by atoms with E-state index >= 15 is 0 Å². The van der Waals surface area contributed by atoms with Crippen molar-refractivity contribution in [2.45, 2.75) is 32.6 Å². The van der Waals surface area contributed by atoms with Crippen molar-refractivity contribution >= 4 is 23.8 Å². The molecular weight excluding hydrogens is 204 g/mol. The summed E-state index contributed by atoms with van der Waals surface area (Å²) in [5.74, 6) is 0.758. The van der Waals surface area contributed by atoms with Crippen LogP contribution < -0.4 is 0 Å². The standard InChI is InChI=1S/C9H13ClN2S/c1-4-7-5(2)9(13)12-8(11-7)6(3)10/h6H,4H2,1-3H3,(H,11,12,13). The van der Waals surface area contributed by atoms with Gasteiger partial charge >= 0.3 is 0 Å². The quantitative estimate of drug-likeness (QED) is 0.607. The Morgan fingerprint density at radius 2 is 2.23 bits per heavy atom. The second-order valence-corrected chi connectivity index (χ2v) is 4.04. The van der Waals surface area contributed by atoms with E-state index in [-0.39, 0.29) is 5.38 Å². The van der Waals surface area contributed by atoms with Crippen LogP contribution in [0.25, 0.3) is 0 Å². The summed E-state index contributed by atoms with van der Waals surface area (Å²) in [6.45, 7) is 5.94. The van der Waals surface area contributed by atoms with E-state index in [4.69, 9.17) is 23.8 Å². The topological polar surface area (TPSA) is 28.7 Å². The molecule has 1 heterocycles. The van der Waals surface area contributed by atoms with E-state index in [2.05, 4.69) is 16.9 Å². The van der Waals surface area contributed by atoms with E-state index in [1.54, 1.807) is 0 Å². The van der Waals surface area contributed by atoms with Gasteiger partial charge in [0.1, 0.15) is 10.5 Å². The third-order valence-electron chi connectivity index (χ3n) is 2.00. The second kappa shape index (κ2) is 4.20. The van der Waals surface area contributed by atoms with Crippen molar-refractivity contribution in [3.05, 3.63) is 21.7 Å². The molecule has 0 aliphatic rings. The Bertz CT molecular complexity index is 357. The number of H-pyrrole nitrogens is 1. The van der Waals surface area contributed by atoms with Crippen molar-refractivity contribution in [3.8, 4) is 0 Å². The van der Waals surface area contributed by atoms with Crippen LogP contribution in [0.4, 0.5) is 0 Å². The van der Waals surface area contributed by atoms with Crippen LogP contribution in [-0.4, -0.2) is 9.97 Å². The van der Waals surface area contributed by atoms with Crippen LogP contribution >= 0.6 is 23.8 Å². The molecule has 1 unspecified atom stereocenters. The lowest BCUT2D eigenvalue weighted by atomic mass is 10.2. The Labute approximate surface area is 88.4 Å². The zero-order valence-electron chi connectivity index (χ0n) is 8.02. The summed E-state index contributed by atoms with van der Waals surface area (Å²) >= 11 is 11.0. The minimum atomic E-state index is -0.118. The number of alkyl halides is 1. The van der Waals surface area contributed by atoms with Crippen molar-refractivity contribution < 1.29 is 0 Å². The van der Waals surface area contributed by atoms with E-state index in [9.17, 15) is 0 Å². The minimum Gasteiger partial charge on any atom is -0.346 e. The molecule has 0 spiro atoms. The number of aryl methyl sites for hydroxylation is 1. The van der Waals surface area contributed by atoms with Gasteiger partial charge < -0.3 is 4.98 Å². The molecular formula is C9H13ClN2S. The van der Waals surface area contributed by atoms with Gasteiger partial charge in [-0.3, -0.25) is 0 Å². The fourth-order valence-electron chi connectivity index (χ4n) is 1.14. The highest BCUT2D eigenvalue weighted by Gasteiger charge is 2.07. The fourth-order valence-corrected chi connectivity index (χ4v) is 1.47. The molecule has 1 N–H and O–H groups in total. The number of hydrogen-bond acceptors (Lipinski definition) is 2. The van der Waals surface area contributed by atoms with Crippen molar-refractivity contribution in [2.75, 3.05) is 0 Å². The van der Waals surface area contributed by atoms with Crippen molar-refractivity contribution in [3.63, 3.8) is 0 Å². The third-order valence-corrected chi connectivity index (χ3v) is 2.61. The molecule has 0 saturated heterocycles. The summed E-state index contributed by atoms with van der Waals surface area (Å²) in [6.07, 6.45) is 0.925. The smallest absolute Gasteiger partial charge is 0.132 e. The maximum atomic E-state index is 5.92. The summed E-state index contributed by atoms with van der Waals surface area (Å²) in [5.41, 5.74) is 2.18. The molecule has 4 heteroatoms. The SMILES string of the molecule is CCc1[nH]c(C(C)Cl)nc(=S)c1C. The average molecular weight is 217 g/mol. The van der Waals surface area contributed by atoms with Gasteiger partial charge in [-0.25, -0.2) is 4.98 Å². The van der Waals surface area contributed by atoms with Crippen molar-refractivity contribution in [1.82, 2.24) is 9.97 Å². The summed E-state index contributed by atoms with van der Waals surface area (Å²) in [6, 6.07) is 0. The van der Waals surface area contributed by atoms with Gasteiger partial charge in [0.15, 0.2) is 0 Å². The summed E-state index contributed by atoms with van der Waals surface area (Å²) in [7, 11) is 0. The molecule has 0 aromatic carbocycles. The highest BCUT2D eigenvalue weighted by Crippen LogP contribution is 2.17. The zero-order valence-corrected chi connectivity index (χ0v) is 9.59. The van der Waals surface area contributed by atoms with Crippen LogP contribution in [0.15, 0.2) is 0 Å². The van der Waals surface area contributed by atoms with Gasteiger partial charge in [-0.05, 0) is 20.3 Å². The number of nitrogens with zero attached hydrogens (tertiary/aromatic N) is 1. The lowest BCUT2D eigenvalue weighted by Crippen LogP contribution is -2.02. The average Bonchev–Trinajstić information content (AvgIpc) is 2.09. The molecule has 1 atom stereocenters. The van der Waals surface area contributed by atoms with E-state index in [1.807, 2.05) is 13.8 Å². The van der Waals surface area contributed by atoms with Gasteiger partial charge in [0.2, 0.25) is 0 Å². The first-order valence-corrected chi connectivity index (χ1v) is 5.14. The van der Waals surface area contributed by atoms with Crippen molar-refractivity contribution in [2.24, 2.45) is 0 Å². The Kier molecular flexibility index (Phi) is 3.45. The third kappa shape index (κ3) is 2.29. The number of aromatic amines is 1. The van der Waals surface area contributed by atoms with E-state index in [0.717, 1.165) is 23.5 Å². The first kappa shape index (κ1) is 10.7. The maximum absolute atomic E-state index is 5.92. The predicted octanol–water partition coefficient (Wildman–Crippen LogP) is 3.31. The van der Waals surface area contributed by atoms with E-state index < -0.39 is 0 Å². The van der Waals surface area contributed by atoms with Gasteiger partial charge in [-0.15, -0.1) is 11.6 Å². The molecule has 1 rings (SSSR count). The van der Waals surface area contributed by atoms with E-state index in [1.165, 1.54) is 0 Å². The lowest BCUT2D eigenvalue weighted by Gasteiger charge is -2.08. The molecule has 0 radical (unpaired) electrons. The van der Waals surface area contributed by atoms with Gasteiger partial charge in [-0.2, -0.15) is 0 Å². The lowest BCUT2D eigenvalue weighted by molar-refractivity contribution is 0.848. The summed E-state index contributed by atoms with van der Waals surface area (Å²) in [5, 5.41) is -0.118. The van der Waals surface area contributed by atoms with E-state index in [0.29, 0.717) is 4.64 Å². The Hall–Kier alpha value is -0.410. The monoisotopic (exact) mass is 216 g/mol.